The Labute approximate surface area is 155 Å². The normalized spacial score (nSPS) is 25.2. The van der Waals surface area contributed by atoms with Crippen LogP contribution in [-0.2, 0) is 14.6 Å². The van der Waals surface area contributed by atoms with Crippen LogP contribution in [0.25, 0.3) is 6.08 Å². The fraction of sp³-hybridized carbons (Fsp3) is 0.450. The monoisotopic (exact) mass is 374 g/mol. The van der Waals surface area contributed by atoms with Crippen LogP contribution in [0.3, 0.4) is 0 Å². The Bertz CT molecular complexity index is 811. The van der Waals surface area contributed by atoms with Gasteiger partial charge in [0.1, 0.15) is 0 Å². The van der Waals surface area contributed by atoms with Gasteiger partial charge in [-0.05, 0) is 25.5 Å². The maximum atomic E-state index is 12.7. The van der Waals surface area contributed by atoms with Crippen LogP contribution in [0.1, 0.15) is 19.4 Å². The summed E-state index contributed by atoms with van der Waals surface area (Å²) in [4.78, 5) is 16.7. The third kappa shape index (κ3) is 4.43. The molecule has 2 heterocycles. The molecule has 0 N–H and O–H groups in total. The van der Waals surface area contributed by atoms with Gasteiger partial charge in [0.15, 0.2) is 9.84 Å². The molecule has 1 aromatic carbocycles. The molecule has 0 bridgehead atoms. The highest BCUT2D eigenvalue weighted by molar-refractivity contribution is 7.91. The number of hydrogen-bond acceptors (Lipinski definition) is 4. The van der Waals surface area contributed by atoms with Crippen LogP contribution in [0.15, 0.2) is 48.1 Å². The van der Waals surface area contributed by atoms with E-state index >= 15 is 0 Å². The average Bonchev–Trinajstić information content (AvgIpc) is 2.93. The summed E-state index contributed by atoms with van der Waals surface area (Å²) in [6.07, 6.45) is 5.47. The second-order valence-corrected chi connectivity index (χ2v) is 9.42. The van der Waals surface area contributed by atoms with Gasteiger partial charge in [-0.25, -0.2) is 8.42 Å². The van der Waals surface area contributed by atoms with Crippen molar-refractivity contribution in [2.24, 2.45) is 0 Å². The van der Waals surface area contributed by atoms with E-state index in [0.717, 1.165) is 12.1 Å². The lowest BCUT2D eigenvalue weighted by molar-refractivity contribution is -0.131. The lowest BCUT2D eigenvalue weighted by atomic mass is 10.0. The Morgan fingerprint density at radius 2 is 1.81 bits per heavy atom. The number of allylic oxidation sites excluding steroid dienone is 1. The molecule has 0 spiro atoms. The van der Waals surface area contributed by atoms with E-state index in [4.69, 9.17) is 0 Å². The Balaban J connectivity index is 1.76. The van der Waals surface area contributed by atoms with Crippen molar-refractivity contribution in [3.05, 3.63) is 53.6 Å². The summed E-state index contributed by atoms with van der Waals surface area (Å²) in [6, 6.07) is 9.27. The van der Waals surface area contributed by atoms with E-state index in [1.807, 2.05) is 44.2 Å². The minimum atomic E-state index is -3.11. The van der Waals surface area contributed by atoms with Crippen LogP contribution in [0.4, 0.5) is 0 Å². The first-order valence-corrected chi connectivity index (χ1v) is 10.8. The van der Waals surface area contributed by atoms with Crippen molar-refractivity contribution in [2.45, 2.75) is 25.9 Å². The fourth-order valence-corrected chi connectivity index (χ4v) is 5.66. The fourth-order valence-electron chi connectivity index (χ4n) is 3.65. The quantitative estimate of drug-likeness (QED) is 0.597. The zero-order valence-electron chi connectivity index (χ0n) is 15.3. The number of benzene rings is 1. The maximum absolute atomic E-state index is 12.7. The van der Waals surface area contributed by atoms with Crippen LogP contribution >= 0.6 is 0 Å². The van der Waals surface area contributed by atoms with Crippen LogP contribution < -0.4 is 0 Å². The third-order valence-corrected chi connectivity index (χ3v) is 6.72. The zero-order chi connectivity index (χ0) is 18.7. The number of nitrogens with zero attached hydrogens (tertiary/aromatic N) is 2. The molecular weight excluding hydrogens is 348 g/mol. The lowest BCUT2D eigenvalue weighted by Gasteiger charge is -2.43. The van der Waals surface area contributed by atoms with Gasteiger partial charge < -0.3 is 4.90 Å². The van der Waals surface area contributed by atoms with Crippen molar-refractivity contribution in [1.82, 2.24) is 9.80 Å². The van der Waals surface area contributed by atoms with Crippen LogP contribution in [-0.4, -0.2) is 67.3 Å². The summed E-state index contributed by atoms with van der Waals surface area (Å²) < 4.78 is 24.5. The van der Waals surface area contributed by atoms with Gasteiger partial charge in [-0.1, -0.05) is 42.0 Å². The molecule has 0 aliphatic carbocycles. The molecule has 140 valence electrons. The molecule has 26 heavy (non-hydrogen) atoms. The predicted molar refractivity (Wildman–Crippen MR) is 104 cm³/mol. The minimum absolute atomic E-state index is 0.0634. The Kier molecular flexibility index (Phi) is 5.63. The first-order chi connectivity index (χ1) is 12.4. The van der Waals surface area contributed by atoms with Crippen molar-refractivity contribution in [2.75, 3.05) is 31.1 Å². The van der Waals surface area contributed by atoms with E-state index in [2.05, 4.69) is 11.0 Å². The van der Waals surface area contributed by atoms with E-state index in [1.165, 1.54) is 5.57 Å². The molecule has 1 amide bonds. The van der Waals surface area contributed by atoms with E-state index in [-0.39, 0.29) is 29.5 Å². The second kappa shape index (κ2) is 7.76. The van der Waals surface area contributed by atoms with Crippen molar-refractivity contribution in [3.8, 4) is 0 Å². The Morgan fingerprint density at radius 1 is 1.12 bits per heavy atom. The Morgan fingerprint density at radius 3 is 2.50 bits per heavy atom. The molecule has 6 heteroatoms. The van der Waals surface area contributed by atoms with Crippen molar-refractivity contribution in [1.29, 1.82) is 0 Å². The molecule has 0 aromatic heterocycles. The summed E-state index contributed by atoms with van der Waals surface area (Å²) in [7, 11) is -3.11. The number of rotatable bonds is 4. The predicted octanol–water partition coefficient (Wildman–Crippen LogP) is 1.98. The molecule has 2 aliphatic rings. The third-order valence-electron chi connectivity index (χ3n) is 5.03. The summed E-state index contributed by atoms with van der Waals surface area (Å²) >= 11 is 0. The SMILES string of the molecule is CC(C)=CCN1CCN(C(=O)C=Cc2ccccc2)C2CS(=O)(=O)CC21. The highest BCUT2D eigenvalue weighted by atomic mass is 32.2. The van der Waals surface area contributed by atoms with E-state index < -0.39 is 9.84 Å². The van der Waals surface area contributed by atoms with Gasteiger partial charge >= 0.3 is 0 Å². The van der Waals surface area contributed by atoms with Crippen molar-refractivity contribution >= 4 is 21.8 Å². The highest BCUT2D eigenvalue weighted by Gasteiger charge is 2.47. The van der Waals surface area contributed by atoms with Gasteiger partial charge in [0.2, 0.25) is 5.91 Å². The molecule has 2 unspecified atom stereocenters. The van der Waals surface area contributed by atoms with E-state index in [0.29, 0.717) is 13.1 Å². The summed E-state index contributed by atoms with van der Waals surface area (Å²) in [5.74, 6) is 0.0942. The summed E-state index contributed by atoms with van der Waals surface area (Å²) in [5.41, 5.74) is 2.17. The number of piperazine rings is 1. The summed E-state index contributed by atoms with van der Waals surface area (Å²) in [5, 5.41) is 0. The summed E-state index contributed by atoms with van der Waals surface area (Å²) in [6.45, 7) is 6.07. The molecule has 0 saturated carbocycles. The van der Waals surface area contributed by atoms with Crippen LogP contribution in [0.2, 0.25) is 0 Å². The first kappa shape index (κ1) is 18.9. The van der Waals surface area contributed by atoms with Gasteiger partial charge in [0.05, 0.1) is 17.5 Å². The molecule has 2 fully saturated rings. The number of fused-ring (bicyclic) bond motifs is 1. The van der Waals surface area contributed by atoms with Crippen LogP contribution in [0.5, 0.6) is 0 Å². The zero-order valence-corrected chi connectivity index (χ0v) is 16.2. The van der Waals surface area contributed by atoms with E-state index in [1.54, 1.807) is 17.1 Å². The standard InChI is InChI=1S/C20H26N2O3S/c1-16(2)10-11-21-12-13-22(19-15-26(24,25)14-18(19)21)20(23)9-8-17-6-4-3-5-7-17/h3-10,18-19H,11-15H2,1-2H3. The van der Waals surface area contributed by atoms with Gasteiger partial charge in [-0.15, -0.1) is 0 Å². The molecule has 3 rings (SSSR count). The van der Waals surface area contributed by atoms with Gasteiger partial charge in [0.25, 0.3) is 0 Å². The number of carbonyl (C=O) groups excluding carboxylic acids is 1. The molecule has 5 nitrogen and oxygen atoms in total. The smallest absolute Gasteiger partial charge is 0.246 e. The molecule has 2 saturated heterocycles. The maximum Gasteiger partial charge on any atom is 0.246 e. The second-order valence-electron chi connectivity index (χ2n) is 7.26. The highest BCUT2D eigenvalue weighted by Crippen LogP contribution is 2.27. The number of hydrogen-bond donors (Lipinski definition) is 0. The first-order valence-electron chi connectivity index (χ1n) is 8.97. The number of carbonyl (C=O) groups is 1. The topological polar surface area (TPSA) is 57.7 Å². The molecule has 2 atom stereocenters. The molecule has 2 aliphatic heterocycles. The largest absolute Gasteiger partial charge is 0.332 e. The van der Waals surface area contributed by atoms with Crippen molar-refractivity contribution < 1.29 is 13.2 Å². The average molecular weight is 375 g/mol. The van der Waals surface area contributed by atoms with Gasteiger partial charge in [0, 0.05) is 31.8 Å². The Hall–Kier alpha value is -1.92. The number of amides is 1. The number of sulfone groups is 1. The molecule has 0 radical (unpaired) electrons. The van der Waals surface area contributed by atoms with Crippen molar-refractivity contribution in [3.63, 3.8) is 0 Å². The minimum Gasteiger partial charge on any atom is -0.332 e. The van der Waals surface area contributed by atoms with Gasteiger partial charge in [-0.3, -0.25) is 9.69 Å². The van der Waals surface area contributed by atoms with Gasteiger partial charge in [-0.2, -0.15) is 0 Å². The lowest BCUT2D eigenvalue weighted by Crippen LogP contribution is -2.60. The molecular formula is C20H26N2O3S. The van der Waals surface area contributed by atoms with E-state index in [9.17, 15) is 13.2 Å². The molecule has 1 aromatic rings. The van der Waals surface area contributed by atoms with Crippen LogP contribution in [0, 0.1) is 0 Å².